The van der Waals surface area contributed by atoms with Crippen LogP contribution in [-0.2, 0) is 4.79 Å². The first-order valence-corrected chi connectivity index (χ1v) is 14.6. The van der Waals surface area contributed by atoms with Gasteiger partial charge in [-0.15, -0.1) is 0 Å². The van der Waals surface area contributed by atoms with Crippen LogP contribution in [0.5, 0.6) is 0 Å². The highest BCUT2D eigenvalue weighted by atomic mass is 16.1. The first-order chi connectivity index (χ1) is 21.2. The van der Waals surface area contributed by atoms with Gasteiger partial charge in [0, 0.05) is 32.9 Å². The van der Waals surface area contributed by atoms with E-state index in [1.807, 2.05) is 13.0 Å². The number of fused-ring (bicyclic) bond motifs is 6. The summed E-state index contributed by atoms with van der Waals surface area (Å²) in [7, 11) is 0. The van der Waals surface area contributed by atoms with Crippen LogP contribution in [0.4, 0.5) is 0 Å². The molecule has 3 nitrogen and oxygen atoms in total. The van der Waals surface area contributed by atoms with Crippen molar-refractivity contribution in [1.29, 1.82) is 0 Å². The number of allylic oxidation sites excluding steroid dienone is 1. The van der Waals surface area contributed by atoms with E-state index in [4.69, 9.17) is 0 Å². The maximum atomic E-state index is 11.2. The molecule has 6 aromatic carbocycles. The molecule has 0 saturated carbocycles. The Morgan fingerprint density at radius 2 is 0.907 bits per heavy atom. The monoisotopic (exact) mass is 552 g/mol. The van der Waals surface area contributed by atoms with Gasteiger partial charge in [0.05, 0.1) is 22.1 Å². The summed E-state index contributed by atoms with van der Waals surface area (Å²) in [6, 6.07) is 49.8. The van der Waals surface area contributed by atoms with E-state index in [9.17, 15) is 4.79 Å². The molecule has 0 radical (unpaired) electrons. The fourth-order valence-corrected chi connectivity index (χ4v) is 6.46. The van der Waals surface area contributed by atoms with Crippen molar-refractivity contribution in [2.75, 3.05) is 0 Å². The van der Waals surface area contributed by atoms with Gasteiger partial charge in [0.2, 0.25) is 0 Å². The molecule has 0 aliphatic heterocycles. The quantitative estimate of drug-likeness (QED) is 0.154. The van der Waals surface area contributed by atoms with Crippen LogP contribution >= 0.6 is 0 Å². The van der Waals surface area contributed by atoms with Gasteiger partial charge < -0.3 is 9.13 Å². The number of carbonyl (C=O) groups excluding carboxylic acids is 1. The lowest BCUT2D eigenvalue weighted by molar-refractivity contribution is -0.104. The van der Waals surface area contributed by atoms with Crippen LogP contribution in [0.1, 0.15) is 12.5 Å². The molecule has 0 amide bonds. The van der Waals surface area contributed by atoms with Crippen molar-refractivity contribution in [2.45, 2.75) is 6.92 Å². The van der Waals surface area contributed by atoms with Crippen molar-refractivity contribution < 1.29 is 4.79 Å². The first kappa shape index (κ1) is 25.1. The molecular formula is C40H28N2O. The summed E-state index contributed by atoms with van der Waals surface area (Å²) < 4.78 is 4.67. The van der Waals surface area contributed by atoms with Gasteiger partial charge in [-0.1, -0.05) is 84.9 Å². The fraction of sp³-hybridized carbons (Fsp3) is 0.0250. The summed E-state index contributed by atoms with van der Waals surface area (Å²) in [4.78, 5) is 11.2. The largest absolute Gasteiger partial charge is 0.309 e. The smallest absolute Gasteiger partial charge is 0.145 e. The van der Waals surface area contributed by atoms with Crippen LogP contribution in [0.2, 0.25) is 0 Å². The van der Waals surface area contributed by atoms with Crippen LogP contribution in [0.15, 0.2) is 145 Å². The van der Waals surface area contributed by atoms with Crippen LogP contribution < -0.4 is 0 Å². The number of aldehydes is 1. The number of carbonyl (C=O) groups is 1. The summed E-state index contributed by atoms with van der Waals surface area (Å²) in [6.07, 6.45) is 2.83. The minimum Gasteiger partial charge on any atom is -0.309 e. The molecule has 8 rings (SSSR count). The fourth-order valence-electron chi connectivity index (χ4n) is 6.46. The molecule has 0 aliphatic rings. The van der Waals surface area contributed by atoms with Crippen molar-refractivity contribution in [3.63, 3.8) is 0 Å². The summed E-state index contributed by atoms with van der Waals surface area (Å²) >= 11 is 0. The summed E-state index contributed by atoms with van der Waals surface area (Å²) in [6.45, 7) is 1.83. The van der Waals surface area contributed by atoms with Gasteiger partial charge in [-0.25, -0.2) is 0 Å². The molecule has 0 aliphatic carbocycles. The van der Waals surface area contributed by atoms with Gasteiger partial charge in [-0.2, -0.15) is 0 Å². The standard InChI is InChI=1S/C40H28N2O/c1-27(26-43)24-28-14-23-40-36(25-28)35-10-4-7-13-39(35)42(40)32-21-17-30(18-22-32)29-15-19-31(20-16-29)41-37-11-5-2-8-33(37)34-9-3-6-12-38(34)41/h2-26H,1H3/b27-24-. The molecule has 0 spiro atoms. The van der Waals surface area contributed by atoms with E-state index in [0.29, 0.717) is 5.57 Å². The van der Waals surface area contributed by atoms with Gasteiger partial charge in [-0.05, 0) is 89.9 Å². The second kappa shape index (κ2) is 10.0. The molecule has 0 saturated heterocycles. The highest BCUT2D eigenvalue weighted by Crippen LogP contribution is 2.35. The summed E-state index contributed by atoms with van der Waals surface area (Å²) in [5.74, 6) is 0. The van der Waals surface area contributed by atoms with E-state index in [1.54, 1.807) is 0 Å². The van der Waals surface area contributed by atoms with Gasteiger partial charge in [0.25, 0.3) is 0 Å². The lowest BCUT2D eigenvalue weighted by Gasteiger charge is -2.11. The lowest BCUT2D eigenvalue weighted by atomic mass is 10.0. The number of rotatable bonds is 5. The Balaban J connectivity index is 1.18. The Morgan fingerprint density at radius 1 is 0.488 bits per heavy atom. The molecule has 204 valence electrons. The number of aromatic nitrogens is 2. The third-order valence-electron chi connectivity index (χ3n) is 8.44. The summed E-state index contributed by atoms with van der Waals surface area (Å²) in [5, 5.41) is 4.91. The Kier molecular flexibility index (Phi) is 5.83. The van der Waals surface area contributed by atoms with Crippen molar-refractivity contribution >= 4 is 56.0 Å². The van der Waals surface area contributed by atoms with Gasteiger partial charge in [0.15, 0.2) is 0 Å². The zero-order chi connectivity index (χ0) is 28.9. The van der Waals surface area contributed by atoms with Crippen LogP contribution in [-0.4, -0.2) is 15.4 Å². The average Bonchev–Trinajstić information content (AvgIpc) is 3.58. The Labute approximate surface area is 249 Å². The van der Waals surface area contributed by atoms with Gasteiger partial charge in [0.1, 0.15) is 6.29 Å². The van der Waals surface area contributed by atoms with Crippen molar-refractivity contribution in [2.24, 2.45) is 0 Å². The molecule has 3 heteroatoms. The lowest BCUT2D eigenvalue weighted by Crippen LogP contribution is -1.94. The van der Waals surface area contributed by atoms with Crippen molar-refractivity contribution in [3.8, 4) is 22.5 Å². The molecule has 2 aromatic heterocycles. The normalized spacial score (nSPS) is 12.1. The van der Waals surface area contributed by atoms with E-state index < -0.39 is 0 Å². The van der Waals surface area contributed by atoms with E-state index in [2.05, 4.69) is 149 Å². The number of nitrogens with zero attached hydrogens (tertiary/aromatic N) is 2. The number of para-hydroxylation sites is 3. The minimum atomic E-state index is 0.710. The Hall–Kier alpha value is -5.67. The van der Waals surface area contributed by atoms with E-state index in [-0.39, 0.29) is 0 Å². The molecule has 0 bridgehead atoms. The zero-order valence-electron chi connectivity index (χ0n) is 23.7. The van der Waals surface area contributed by atoms with Crippen LogP contribution in [0.3, 0.4) is 0 Å². The Bertz CT molecular complexity index is 2300. The zero-order valence-corrected chi connectivity index (χ0v) is 23.7. The maximum absolute atomic E-state index is 11.2. The van der Waals surface area contributed by atoms with Gasteiger partial charge in [-0.3, -0.25) is 4.79 Å². The summed E-state index contributed by atoms with van der Waals surface area (Å²) in [5.41, 5.74) is 11.1. The molecule has 8 aromatic rings. The second-order valence-electron chi connectivity index (χ2n) is 11.1. The molecule has 0 fully saturated rings. The molecule has 2 heterocycles. The molecule has 0 unspecified atom stereocenters. The maximum Gasteiger partial charge on any atom is 0.145 e. The van der Waals surface area contributed by atoms with E-state index in [0.717, 1.165) is 34.3 Å². The van der Waals surface area contributed by atoms with Crippen molar-refractivity contribution in [3.05, 3.63) is 151 Å². The molecule has 43 heavy (non-hydrogen) atoms. The van der Waals surface area contributed by atoms with E-state index >= 15 is 0 Å². The SMILES string of the molecule is C/C(C=O)=C/c1ccc2c(c1)c1ccccc1n2-c1ccc(-c2ccc(-n3c4ccccc4c4ccccc43)cc2)cc1. The second-order valence-corrected chi connectivity index (χ2v) is 11.1. The highest BCUT2D eigenvalue weighted by molar-refractivity contribution is 6.10. The predicted molar refractivity (Wildman–Crippen MR) is 180 cm³/mol. The Morgan fingerprint density at radius 3 is 1.37 bits per heavy atom. The third kappa shape index (κ3) is 4.09. The van der Waals surface area contributed by atoms with Crippen molar-refractivity contribution in [1.82, 2.24) is 9.13 Å². The van der Waals surface area contributed by atoms with E-state index in [1.165, 1.54) is 43.7 Å². The van der Waals surface area contributed by atoms with Crippen LogP contribution in [0, 0.1) is 0 Å². The average molecular weight is 553 g/mol. The number of benzene rings is 6. The predicted octanol–water partition coefficient (Wildman–Crippen LogP) is 10.1. The number of hydrogen-bond acceptors (Lipinski definition) is 1. The highest BCUT2D eigenvalue weighted by Gasteiger charge is 2.14. The molecule has 0 N–H and O–H groups in total. The van der Waals surface area contributed by atoms with Crippen LogP contribution in [0.25, 0.3) is 72.2 Å². The first-order valence-electron chi connectivity index (χ1n) is 14.6. The third-order valence-corrected chi connectivity index (χ3v) is 8.44. The number of hydrogen-bond donors (Lipinski definition) is 0. The van der Waals surface area contributed by atoms with Gasteiger partial charge >= 0.3 is 0 Å². The minimum absolute atomic E-state index is 0.710. The topological polar surface area (TPSA) is 26.9 Å². The molecule has 0 atom stereocenters. The molecular weight excluding hydrogens is 524 g/mol.